The maximum absolute atomic E-state index is 10.0. The van der Waals surface area contributed by atoms with Crippen LogP contribution in [0.1, 0.15) is 11.7 Å². The van der Waals surface area contributed by atoms with E-state index in [2.05, 4.69) is 21.0 Å². The average Bonchev–Trinajstić information content (AvgIpc) is 2.64. The van der Waals surface area contributed by atoms with Crippen LogP contribution < -0.4 is 0 Å². The predicted octanol–water partition coefficient (Wildman–Crippen LogP) is 3.03. The zero-order valence-corrected chi connectivity index (χ0v) is 10.7. The van der Waals surface area contributed by atoms with E-state index in [4.69, 9.17) is 11.6 Å². The first-order valence-corrected chi connectivity index (χ1v) is 5.94. The van der Waals surface area contributed by atoms with E-state index in [0.717, 1.165) is 10.0 Å². The summed E-state index contributed by atoms with van der Waals surface area (Å²) in [5.41, 5.74) is 0.718. The molecule has 0 bridgehead atoms. The molecule has 0 aliphatic rings. The molecule has 0 fully saturated rings. The molecule has 0 saturated heterocycles. The van der Waals surface area contributed by atoms with Crippen molar-refractivity contribution in [2.75, 3.05) is 0 Å². The summed E-state index contributed by atoms with van der Waals surface area (Å²) in [6.45, 7) is 0.384. The summed E-state index contributed by atoms with van der Waals surface area (Å²) in [6, 6.07) is 7.26. The summed E-state index contributed by atoms with van der Waals surface area (Å²) in [4.78, 5) is 0. The Morgan fingerprint density at radius 2 is 2.19 bits per heavy atom. The molecular formula is C11H10BrClN2O. The monoisotopic (exact) mass is 300 g/mol. The lowest BCUT2D eigenvalue weighted by Crippen LogP contribution is -2.09. The lowest BCUT2D eigenvalue weighted by atomic mass is 10.1. The highest BCUT2D eigenvalue weighted by atomic mass is 79.9. The molecule has 0 saturated carbocycles. The van der Waals surface area contributed by atoms with Gasteiger partial charge in [0.1, 0.15) is 0 Å². The summed E-state index contributed by atoms with van der Waals surface area (Å²) >= 11 is 9.29. The molecule has 1 aromatic carbocycles. The Hall–Kier alpha value is -0.840. The van der Waals surface area contributed by atoms with Crippen LogP contribution >= 0.6 is 27.5 Å². The van der Waals surface area contributed by atoms with Crippen molar-refractivity contribution >= 4 is 27.5 Å². The lowest BCUT2D eigenvalue weighted by Gasteiger charge is -2.12. The molecule has 0 amide bonds. The zero-order valence-electron chi connectivity index (χ0n) is 8.35. The van der Waals surface area contributed by atoms with Gasteiger partial charge in [0.2, 0.25) is 0 Å². The van der Waals surface area contributed by atoms with Gasteiger partial charge in [-0.25, -0.2) is 0 Å². The standard InChI is InChI=1S/C11H10BrClN2O/c12-8-5-14-15(6-8)7-11(16)9-3-1-2-4-10(9)13/h1-6,11,16H,7H2. The molecule has 1 atom stereocenters. The molecule has 1 heterocycles. The molecule has 3 nitrogen and oxygen atoms in total. The van der Waals surface area contributed by atoms with Gasteiger partial charge in [-0.3, -0.25) is 4.68 Å². The second kappa shape index (κ2) is 4.99. The van der Waals surface area contributed by atoms with Gasteiger partial charge >= 0.3 is 0 Å². The van der Waals surface area contributed by atoms with Crippen molar-refractivity contribution in [1.82, 2.24) is 9.78 Å². The summed E-state index contributed by atoms with van der Waals surface area (Å²) in [5.74, 6) is 0. The fourth-order valence-electron chi connectivity index (χ4n) is 1.46. The highest BCUT2D eigenvalue weighted by Gasteiger charge is 2.11. The van der Waals surface area contributed by atoms with Crippen LogP contribution in [-0.4, -0.2) is 14.9 Å². The summed E-state index contributed by atoms with van der Waals surface area (Å²) in [6.07, 6.45) is 2.83. The molecule has 0 spiro atoms. The third-order valence-electron chi connectivity index (χ3n) is 2.23. The second-order valence-corrected chi connectivity index (χ2v) is 4.74. The van der Waals surface area contributed by atoms with Crippen molar-refractivity contribution in [3.05, 3.63) is 51.7 Å². The number of hydrogen-bond donors (Lipinski definition) is 1. The maximum Gasteiger partial charge on any atom is 0.1000 e. The van der Waals surface area contributed by atoms with Gasteiger partial charge in [-0.2, -0.15) is 5.10 Å². The lowest BCUT2D eigenvalue weighted by molar-refractivity contribution is 0.151. The van der Waals surface area contributed by atoms with Gasteiger partial charge in [-0.1, -0.05) is 29.8 Å². The van der Waals surface area contributed by atoms with Crippen LogP contribution in [0.2, 0.25) is 5.02 Å². The highest BCUT2D eigenvalue weighted by Crippen LogP contribution is 2.23. The molecule has 84 valence electrons. The van der Waals surface area contributed by atoms with E-state index >= 15 is 0 Å². The van der Waals surface area contributed by atoms with Gasteiger partial charge in [0, 0.05) is 16.8 Å². The molecular weight excluding hydrogens is 291 g/mol. The van der Waals surface area contributed by atoms with E-state index in [9.17, 15) is 5.11 Å². The van der Waals surface area contributed by atoms with Gasteiger partial charge in [0.05, 0.1) is 23.3 Å². The first kappa shape index (κ1) is 11.6. The minimum atomic E-state index is -0.652. The van der Waals surface area contributed by atoms with Crippen molar-refractivity contribution < 1.29 is 5.11 Å². The molecule has 1 unspecified atom stereocenters. The molecule has 0 aliphatic heterocycles. The molecule has 1 aromatic heterocycles. The normalized spacial score (nSPS) is 12.7. The molecule has 2 rings (SSSR count). The summed E-state index contributed by atoms with van der Waals surface area (Å²) < 4.78 is 2.55. The minimum absolute atomic E-state index is 0.384. The third-order valence-corrected chi connectivity index (χ3v) is 2.98. The molecule has 5 heteroatoms. The average molecular weight is 302 g/mol. The van der Waals surface area contributed by atoms with Crippen LogP contribution in [0.4, 0.5) is 0 Å². The Bertz CT molecular complexity index is 486. The first-order chi connectivity index (χ1) is 7.66. The van der Waals surface area contributed by atoms with Crippen LogP contribution in [-0.2, 0) is 6.54 Å². The van der Waals surface area contributed by atoms with Crippen molar-refractivity contribution in [2.24, 2.45) is 0 Å². The Balaban J connectivity index is 2.14. The second-order valence-electron chi connectivity index (χ2n) is 3.42. The number of halogens is 2. The number of hydrogen-bond acceptors (Lipinski definition) is 2. The van der Waals surface area contributed by atoms with E-state index in [-0.39, 0.29) is 0 Å². The van der Waals surface area contributed by atoms with E-state index in [1.165, 1.54) is 0 Å². The van der Waals surface area contributed by atoms with Crippen molar-refractivity contribution in [3.63, 3.8) is 0 Å². The number of rotatable bonds is 3. The Morgan fingerprint density at radius 3 is 2.81 bits per heavy atom. The van der Waals surface area contributed by atoms with Crippen molar-refractivity contribution in [3.8, 4) is 0 Å². The van der Waals surface area contributed by atoms with Crippen LogP contribution in [0.3, 0.4) is 0 Å². The number of aromatic nitrogens is 2. The van der Waals surface area contributed by atoms with Gasteiger partial charge in [-0.05, 0) is 22.0 Å². The SMILES string of the molecule is OC(Cn1cc(Br)cn1)c1ccccc1Cl. The number of benzene rings is 1. The van der Waals surface area contributed by atoms with Gasteiger partial charge in [0.25, 0.3) is 0 Å². The van der Waals surface area contributed by atoms with Gasteiger partial charge < -0.3 is 5.11 Å². The fourth-order valence-corrected chi connectivity index (χ4v) is 2.05. The van der Waals surface area contributed by atoms with Crippen LogP contribution in [0, 0.1) is 0 Å². The van der Waals surface area contributed by atoms with E-state index < -0.39 is 6.10 Å². The summed E-state index contributed by atoms with van der Waals surface area (Å²) in [5, 5.41) is 14.7. The van der Waals surface area contributed by atoms with Gasteiger partial charge in [0.15, 0.2) is 0 Å². The summed E-state index contributed by atoms with van der Waals surface area (Å²) in [7, 11) is 0. The van der Waals surface area contributed by atoms with Crippen LogP contribution in [0.25, 0.3) is 0 Å². The first-order valence-electron chi connectivity index (χ1n) is 4.77. The molecule has 16 heavy (non-hydrogen) atoms. The molecule has 1 N–H and O–H groups in total. The fraction of sp³-hybridized carbons (Fsp3) is 0.182. The van der Waals surface area contributed by atoms with Gasteiger partial charge in [-0.15, -0.1) is 0 Å². The predicted molar refractivity (Wildman–Crippen MR) is 66.3 cm³/mol. The largest absolute Gasteiger partial charge is 0.386 e. The maximum atomic E-state index is 10.0. The van der Waals surface area contributed by atoms with E-state index in [1.807, 2.05) is 18.2 Å². The topological polar surface area (TPSA) is 38.0 Å². The number of aliphatic hydroxyl groups is 1. The van der Waals surface area contributed by atoms with E-state index in [1.54, 1.807) is 23.1 Å². The molecule has 0 aliphatic carbocycles. The molecule has 2 aromatic rings. The zero-order chi connectivity index (χ0) is 11.5. The third kappa shape index (κ3) is 2.64. The van der Waals surface area contributed by atoms with Crippen LogP contribution in [0.5, 0.6) is 0 Å². The molecule has 0 radical (unpaired) electrons. The smallest absolute Gasteiger partial charge is 0.1000 e. The Kier molecular flexibility index (Phi) is 3.63. The van der Waals surface area contributed by atoms with E-state index in [0.29, 0.717) is 11.6 Å². The number of aliphatic hydroxyl groups excluding tert-OH is 1. The minimum Gasteiger partial charge on any atom is -0.386 e. The van der Waals surface area contributed by atoms with Crippen molar-refractivity contribution in [1.29, 1.82) is 0 Å². The van der Waals surface area contributed by atoms with Crippen molar-refractivity contribution in [2.45, 2.75) is 12.6 Å². The quantitative estimate of drug-likeness (QED) is 0.946. The number of nitrogens with zero attached hydrogens (tertiary/aromatic N) is 2. The highest BCUT2D eigenvalue weighted by molar-refractivity contribution is 9.10. The van der Waals surface area contributed by atoms with Crippen LogP contribution in [0.15, 0.2) is 41.1 Å². The Labute approximate surface area is 107 Å². The Morgan fingerprint density at radius 1 is 1.44 bits per heavy atom.